The number of rotatable bonds is 49. The molecule has 0 amide bonds. The zero-order valence-corrected chi connectivity index (χ0v) is 41.8. The van der Waals surface area contributed by atoms with E-state index in [0.717, 1.165) is 69.6 Å². The minimum Gasteiger partial charge on any atom is -0.462 e. The number of esters is 3. The van der Waals surface area contributed by atoms with Gasteiger partial charge in [0.05, 0.1) is 0 Å². The van der Waals surface area contributed by atoms with E-state index < -0.39 is 6.10 Å². The van der Waals surface area contributed by atoms with Gasteiger partial charge in [0, 0.05) is 19.3 Å². The van der Waals surface area contributed by atoms with Gasteiger partial charge in [-0.25, -0.2) is 0 Å². The van der Waals surface area contributed by atoms with Gasteiger partial charge in [0.25, 0.3) is 0 Å². The lowest BCUT2D eigenvalue weighted by atomic mass is 10.0. The monoisotopic (exact) mass is 863 g/mol. The van der Waals surface area contributed by atoms with Gasteiger partial charge >= 0.3 is 17.9 Å². The van der Waals surface area contributed by atoms with Gasteiger partial charge in [-0.1, -0.05) is 266 Å². The minimum atomic E-state index is -0.762. The second-order valence-electron chi connectivity index (χ2n) is 19.8. The maximum Gasteiger partial charge on any atom is 0.306 e. The molecule has 0 radical (unpaired) electrons. The normalized spacial score (nSPS) is 12.0. The summed E-state index contributed by atoms with van der Waals surface area (Å²) in [6.07, 6.45) is 49.4. The van der Waals surface area contributed by atoms with Crippen molar-refractivity contribution in [3.05, 3.63) is 0 Å². The predicted octanol–water partition coefficient (Wildman–Crippen LogP) is 17.7. The van der Waals surface area contributed by atoms with E-state index in [4.69, 9.17) is 14.2 Å². The van der Waals surface area contributed by atoms with Crippen molar-refractivity contribution < 1.29 is 28.6 Å². The first-order valence-corrected chi connectivity index (χ1v) is 27.2. The Morgan fingerprint density at radius 2 is 0.541 bits per heavy atom. The molecule has 0 aromatic rings. The summed E-state index contributed by atoms with van der Waals surface area (Å²) in [5.41, 5.74) is 0. The molecular weight excluding hydrogens is 757 g/mol. The number of hydrogen-bond donors (Lipinski definition) is 0. The largest absolute Gasteiger partial charge is 0.462 e. The molecule has 0 aliphatic carbocycles. The summed E-state index contributed by atoms with van der Waals surface area (Å²) in [5, 5.41) is 0. The number of ether oxygens (including phenoxy) is 3. The summed E-state index contributed by atoms with van der Waals surface area (Å²) >= 11 is 0. The first kappa shape index (κ1) is 59.4. The fraction of sp³-hybridized carbons (Fsp3) is 0.945. The molecule has 6 nitrogen and oxygen atoms in total. The third-order valence-electron chi connectivity index (χ3n) is 12.5. The molecule has 0 aliphatic heterocycles. The number of hydrogen-bond acceptors (Lipinski definition) is 6. The Kier molecular flexibility index (Phi) is 46.6. The van der Waals surface area contributed by atoms with Crippen molar-refractivity contribution in [3.63, 3.8) is 0 Å². The van der Waals surface area contributed by atoms with Gasteiger partial charge in [-0.05, 0) is 31.1 Å². The summed E-state index contributed by atoms with van der Waals surface area (Å²) in [6.45, 7) is 11.4. The van der Waals surface area contributed by atoms with Crippen molar-refractivity contribution in [1.82, 2.24) is 0 Å². The molecule has 0 aromatic carbocycles. The Balaban J connectivity index is 4.31. The highest BCUT2D eigenvalue weighted by atomic mass is 16.6. The maximum atomic E-state index is 12.8. The molecule has 0 bridgehead atoms. The lowest BCUT2D eigenvalue weighted by Gasteiger charge is -2.18. The summed E-state index contributed by atoms with van der Waals surface area (Å²) in [4.78, 5) is 38.0. The first-order valence-electron chi connectivity index (χ1n) is 27.2. The van der Waals surface area contributed by atoms with Crippen LogP contribution in [0.3, 0.4) is 0 Å². The van der Waals surface area contributed by atoms with Crippen LogP contribution in [0.2, 0.25) is 0 Å². The van der Waals surface area contributed by atoms with Crippen LogP contribution in [0.4, 0.5) is 0 Å². The van der Waals surface area contributed by atoms with E-state index in [1.165, 1.54) is 193 Å². The third kappa shape index (κ3) is 49.3. The lowest BCUT2D eigenvalue weighted by molar-refractivity contribution is -0.167. The quantitative estimate of drug-likeness (QED) is 0.0344. The Bertz CT molecular complexity index is 931. The molecule has 0 fully saturated rings. The predicted molar refractivity (Wildman–Crippen MR) is 261 cm³/mol. The van der Waals surface area contributed by atoms with Gasteiger partial charge in [-0.2, -0.15) is 0 Å². The molecular formula is C55H106O6. The summed E-state index contributed by atoms with van der Waals surface area (Å²) in [7, 11) is 0. The molecule has 0 aromatic heterocycles. The van der Waals surface area contributed by atoms with Crippen molar-refractivity contribution >= 4 is 17.9 Å². The lowest BCUT2D eigenvalue weighted by Crippen LogP contribution is -2.30. The van der Waals surface area contributed by atoms with Gasteiger partial charge in [0.2, 0.25) is 0 Å². The van der Waals surface area contributed by atoms with E-state index in [1.807, 2.05) is 0 Å². The van der Waals surface area contributed by atoms with Crippen molar-refractivity contribution in [2.24, 2.45) is 11.8 Å². The zero-order valence-electron chi connectivity index (χ0n) is 41.8. The second-order valence-corrected chi connectivity index (χ2v) is 19.8. The summed E-state index contributed by atoms with van der Waals surface area (Å²) in [5.74, 6) is 0.814. The highest BCUT2D eigenvalue weighted by molar-refractivity contribution is 5.71. The SMILES string of the molecule is CCCCCCCCCCCCCCCCC(=O)O[C@@H](COC(=O)CCCCCCCCCCCCCCCC(C)C)COC(=O)CCCCCCCCCCCCC(C)C. The van der Waals surface area contributed by atoms with Crippen LogP contribution in [0.1, 0.15) is 304 Å². The molecule has 0 saturated carbocycles. The fourth-order valence-corrected chi connectivity index (χ4v) is 8.34. The van der Waals surface area contributed by atoms with Gasteiger partial charge in [-0.15, -0.1) is 0 Å². The molecule has 0 unspecified atom stereocenters. The van der Waals surface area contributed by atoms with Crippen LogP contribution in [0.15, 0.2) is 0 Å². The van der Waals surface area contributed by atoms with E-state index >= 15 is 0 Å². The van der Waals surface area contributed by atoms with Gasteiger partial charge in [-0.3, -0.25) is 14.4 Å². The Morgan fingerprint density at radius 3 is 0.803 bits per heavy atom. The van der Waals surface area contributed by atoms with Gasteiger partial charge < -0.3 is 14.2 Å². The highest BCUT2D eigenvalue weighted by Gasteiger charge is 2.19. The van der Waals surface area contributed by atoms with Crippen molar-refractivity contribution in [3.8, 4) is 0 Å². The summed E-state index contributed by atoms with van der Waals surface area (Å²) < 4.78 is 16.8. The zero-order chi connectivity index (χ0) is 44.7. The van der Waals surface area contributed by atoms with E-state index in [0.29, 0.717) is 19.3 Å². The molecule has 0 N–H and O–H groups in total. The molecule has 0 heterocycles. The third-order valence-corrected chi connectivity index (χ3v) is 12.5. The average molecular weight is 863 g/mol. The number of carbonyl (C=O) groups excluding carboxylic acids is 3. The Labute approximate surface area is 380 Å². The molecule has 0 rings (SSSR count). The molecule has 0 spiro atoms. The maximum absolute atomic E-state index is 12.8. The van der Waals surface area contributed by atoms with Gasteiger partial charge in [0.1, 0.15) is 13.2 Å². The van der Waals surface area contributed by atoms with Crippen LogP contribution in [0.5, 0.6) is 0 Å². The molecule has 1 atom stereocenters. The smallest absolute Gasteiger partial charge is 0.306 e. The fourth-order valence-electron chi connectivity index (χ4n) is 8.34. The number of carbonyl (C=O) groups is 3. The second kappa shape index (κ2) is 47.9. The summed E-state index contributed by atoms with van der Waals surface area (Å²) in [6, 6.07) is 0. The van der Waals surface area contributed by atoms with Gasteiger partial charge in [0.15, 0.2) is 6.10 Å². The molecule has 61 heavy (non-hydrogen) atoms. The van der Waals surface area contributed by atoms with E-state index in [-0.39, 0.29) is 31.1 Å². The Morgan fingerprint density at radius 1 is 0.311 bits per heavy atom. The van der Waals surface area contributed by atoms with E-state index in [2.05, 4.69) is 34.6 Å². The topological polar surface area (TPSA) is 78.9 Å². The average Bonchev–Trinajstić information content (AvgIpc) is 3.23. The van der Waals surface area contributed by atoms with Crippen LogP contribution in [0.25, 0.3) is 0 Å². The van der Waals surface area contributed by atoms with E-state index in [1.54, 1.807) is 0 Å². The van der Waals surface area contributed by atoms with Crippen LogP contribution in [0, 0.1) is 11.8 Å². The van der Waals surface area contributed by atoms with E-state index in [9.17, 15) is 14.4 Å². The van der Waals surface area contributed by atoms with Crippen LogP contribution < -0.4 is 0 Å². The van der Waals surface area contributed by atoms with Crippen molar-refractivity contribution in [1.29, 1.82) is 0 Å². The van der Waals surface area contributed by atoms with Crippen LogP contribution in [-0.2, 0) is 28.6 Å². The molecule has 362 valence electrons. The minimum absolute atomic E-state index is 0.0632. The molecule has 6 heteroatoms. The molecule has 0 saturated heterocycles. The van der Waals surface area contributed by atoms with Crippen LogP contribution in [-0.4, -0.2) is 37.2 Å². The Hall–Kier alpha value is -1.59. The van der Waals surface area contributed by atoms with Crippen molar-refractivity contribution in [2.45, 2.75) is 310 Å². The van der Waals surface area contributed by atoms with Crippen molar-refractivity contribution in [2.75, 3.05) is 13.2 Å². The standard InChI is InChI=1S/C55H106O6/c1-6-7-8-9-10-11-12-13-16-20-27-32-37-42-47-55(58)61-52(49-60-54(57)46-41-36-31-26-22-21-24-29-34-39-44-51(4)5)48-59-53(56)45-40-35-30-25-19-17-14-15-18-23-28-33-38-43-50(2)3/h50-52H,6-49H2,1-5H3/t52-/m0/s1. The highest BCUT2D eigenvalue weighted by Crippen LogP contribution is 2.18. The van der Waals surface area contributed by atoms with Crippen LogP contribution >= 0.6 is 0 Å². The first-order chi connectivity index (χ1) is 29.7. The molecule has 0 aliphatic rings. The number of unbranched alkanes of at least 4 members (excludes halogenated alkanes) is 34.